The lowest BCUT2D eigenvalue weighted by Gasteiger charge is -2.01. The first kappa shape index (κ1) is 22.3. The number of nitrogens with one attached hydrogen (secondary N) is 2. The molecule has 8 heteroatoms. The van der Waals surface area contributed by atoms with Gasteiger partial charge in [-0.15, -0.1) is 0 Å². The number of amides is 1. The number of primary amides is 1. The van der Waals surface area contributed by atoms with Gasteiger partial charge in [-0.25, -0.2) is 0 Å². The van der Waals surface area contributed by atoms with Gasteiger partial charge in [0.15, 0.2) is 0 Å². The average molecular weight is 345 g/mol. The number of nitrogens with two attached hydrogens (primary N) is 1. The van der Waals surface area contributed by atoms with Gasteiger partial charge in [0.2, 0.25) is 5.91 Å². The molecule has 0 unspecified atom stereocenters. The number of hydrogen-bond donors (Lipinski definition) is 5. The summed E-state index contributed by atoms with van der Waals surface area (Å²) in [6, 6.07) is -0.0463. The van der Waals surface area contributed by atoms with E-state index in [1.54, 1.807) is 0 Å². The fourth-order valence-electron chi connectivity index (χ4n) is 2.30. The summed E-state index contributed by atoms with van der Waals surface area (Å²) in [6.45, 7) is 3.44. The summed E-state index contributed by atoms with van der Waals surface area (Å²) in [5.74, 6) is -2.12. The lowest BCUT2D eigenvalue weighted by Crippen LogP contribution is -2.36. The summed E-state index contributed by atoms with van der Waals surface area (Å²) in [4.78, 5) is 29.9. The van der Waals surface area contributed by atoms with Crippen LogP contribution in [0.5, 0.6) is 0 Å². The number of carbonyl (C=O) groups excluding carboxylic acids is 1. The maximum absolute atomic E-state index is 10.4. The van der Waals surface area contributed by atoms with Gasteiger partial charge >= 0.3 is 11.9 Å². The Kier molecular flexibility index (Phi) is 13.9. The van der Waals surface area contributed by atoms with Crippen molar-refractivity contribution in [3.05, 3.63) is 0 Å². The molecule has 8 nitrogen and oxygen atoms in total. The van der Waals surface area contributed by atoms with Gasteiger partial charge in [-0.2, -0.15) is 0 Å². The van der Waals surface area contributed by atoms with Crippen LogP contribution in [-0.4, -0.2) is 53.7 Å². The summed E-state index contributed by atoms with van der Waals surface area (Å²) >= 11 is 0. The van der Waals surface area contributed by atoms with E-state index in [1.165, 1.54) is 38.8 Å². The van der Waals surface area contributed by atoms with E-state index in [0.717, 1.165) is 19.4 Å². The highest BCUT2D eigenvalue weighted by molar-refractivity contribution is 5.80. The van der Waals surface area contributed by atoms with Crippen LogP contribution in [0.2, 0.25) is 0 Å². The molecule has 0 radical (unpaired) electrons. The van der Waals surface area contributed by atoms with Crippen molar-refractivity contribution < 1.29 is 24.6 Å². The maximum atomic E-state index is 10.4. The predicted octanol–water partition coefficient (Wildman–Crippen LogP) is 0.700. The van der Waals surface area contributed by atoms with Crippen molar-refractivity contribution in [3.8, 4) is 0 Å². The average Bonchev–Trinajstić information content (AvgIpc) is 2.89. The molecule has 2 fully saturated rings. The van der Waals surface area contributed by atoms with Crippen LogP contribution in [0.1, 0.15) is 57.8 Å². The first-order chi connectivity index (χ1) is 11.4. The van der Waals surface area contributed by atoms with Gasteiger partial charge < -0.3 is 26.6 Å². The molecule has 0 aromatic rings. The monoisotopic (exact) mass is 345 g/mol. The molecule has 0 aromatic heterocycles. The number of hydrogen-bond acceptors (Lipinski definition) is 5. The number of aliphatic carboxylic acids is 2. The molecule has 2 aliphatic heterocycles. The fraction of sp³-hybridized carbons (Fsp3) is 0.812. The smallest absolute Gasteiger partial charge is 0.303 e. The minimum Gasteiger partial charge on any atom is -0.481 e. The van der Waals surface area contributed by atoms with E-state index in [1.807, 2.05) is 0 Å². The topological polar surface area (TPSA) is 142 Å². The molecular weight excluding hydrogens is 314 g/mol. The molecule has 24 heavy (non-hydrogen) atoms. The molecule has 2 saturated heterocycles. The Morgan fingerprint density at radius 1 is 0.875 bits per heavy atom. The van der Waals surface area contributed by atoms with E-state index in [0.29, 0.717) is 0 Å². The molecule has 2 rings (SSSR count). The van der Waals surface area contributed by atoms with Crippen molar-refractivity contribution >= 4 is 17.8 Å². The van der Waals surface area contributed by atoms with E-state index < -0.39 is 11.9 Å². The van der Waals surface area contributed by atoms with Gasteiger partial charge in [-0.1, -0.05) is 12.8 Å². The van der Waals surface area contributed by atoms with Crippen molar-refractivity contribution in [2.45, 2.75) is 63.8 Å². The first-order valence-corrected chi connectivity index (χ1v) is 8.60. The highest BCUT2D eigenvalue weighted by atomic mass is 16.4. The highest BCUT2D eigenvalue weighted by Gasteiger charge is 2.18. The highest BCUT2D eigenvalue weighted by Crippen LogP contribution is 2.02. The Morgan fingerprint density at radius 2 is 1.42 bits per heavy atom. The van der Waals surface area contributed by atoms with E-state index >= 15 is 0 Å². The fourth-order valence-corrected chi connectivity index (χ4v) is 2.30. The lowest BCUT2D eigenvalue weighted by molar-refractivity contribution is -0.138. The zero-order valence-electron chi connectivity index (χ0n) is 14.3. The second-order valence-corrected chi connectivity index (χ2v) is 5.86. The number of carboxylic acid groups (broad SMARTS) is 2. The molecule has 6 N–H and O–H groups in total. The van der Waals surface area contributed by atoms with Crippen molar-refractivity contribution in [2.24, 2.45) is 5.73 Å². The minimum absolute atomic E-state index is 0.0463. The van der Waals surface area contributed by atoms with Crippen LogP contribution in [0.15, 0.2) is 0 Å². The van der Waals surface area contributed by atoms with E-state index in [9.17, 15) is 14.4 Å². The van der Waals surface area contributed by atoms with E-state index in [4.69, 9.17) is 15.9 Å². The third kappa shape index (κ3) is 15.2. The quantitative estimate of drug-likeness (QED) is 0.493. The Hall–Kier alpha value is -1.67. The third-order valence-electron chi connectivity index (χ3n) is 3.64. The van der Waals surface area contributed by atoms with Gasteiger partial charge in [-0.3, -0.25) is 14.4 Å². The van der Waals surface area contributed by atoms with Crippen LogP contribution >= 0.6 is 0 Å². The van der Waals surface area contributed by atoms with Crippen LogP contribution in [0.25, 0.3) is 0 Å². The van der Waals surface area contributed by atoms with Crippen LogP contribution < -0.4 is 16.4 Å². The zero-order valence-corrected chi connectivity index (χ0v) is 14.3. The van der Waals surface area contributed by atoms with Gasteiger partial charge in [0.05, 0.1) is 6.04 Å². The number of carboxylic acids is 2. The lowest BCUT2D eigenvalue weighted by atomic mass is 10.2. The summed E-state index contributed by atoms with van der Waals surface area (Å²) in [5, 5.41) is 22.4. The van der Waals surface area contributed by atoms with Crippen LogP contribution in [0.4, 0.5) is 0 Å². The molecule has 1 atom stereocenters. The van der Waals surface area contributed by atoms with E-state index in [2.05, 4.69) is 10.6 Å². The normalized spacial score (nSPS) is 19.8. The van der Waals surface area contributed by atoms with Crippen LogP contribution in [0.3, 0.4) is 0 Å². The molecular formula is C16H31N3O5. The van der Waals surface area contributed by atoms with Gasteiger partial charge in [0.1, 0.15) is 0 Å². The number of carbonyl (C=O) groups is 3. The molecule has 0 aromatic carbocycles. The van der Waals surface area contributed by atoms with Gasteiger partial charge in [0.25, 0.3) is 0 Å². The summed E-state index contributed by atoms with van der Waals surface area (Å²) in [6.07, 6.45) is 7.73. The molecule has 0 spiro atoms. The minimum atomic E-state index is -0.948. The van der Waals surface area contributed by atoms with Crippen molar-refractivity contribution in [3.63, 3.8) is 0 Å². The maximum Gasteiger partial charge on any atom is 0.303 e. The summed E-state index contributed by atoms with van der Waals surface area (Å²) in [7, 11) is 0. The Balaban J connectivity index is 0.000000332. The molecule has 2 aliphatic rings. The molecule has 1 amide bonds. The van der Waals surface area contributed by atoms with Crippen molar-refractivity contribution in [1.82, 2.24) is 10.6 Å². The second-order valence-electron chi connectivity index (χ2n) is 5.86. The molecule has 140 valence electrons. The van der Waals surface area contributed by atoms with Crippen LogP contribution in [-0.2, 0) is 14.4 Å². The SMILES string of the molecule is C1CCCNCC1.NC(=O)[C@@H]1CCCN1.O=C(O)CCCC(=O)O. The van der Waals surface area contributed by atoms with Gasteiger partial charge in [0, 0.05) is 12.8 Å². The van der Waals surface area contributed by atoms with Crippen molar-refractivity contribution in [2.75, 3.05) is 19.6 Å². The largest absolute Gasteiger partial charge is 0.481 e. The zero-order chi connectivity index (χ0) is 18.2. The molecule has 0 aliphatic carbocycles. The standard InChI is InChI=1S/C6H13N.C5H10N2O.C5H8O4/c1-2-4-6-7-5-3-1;6-5(8)4-2-1-3-7-4;6-4(7)2-1-3-5(8)9/h7H,1-6H2;4,7H,1-3H2,(H2,6,8);1-3H2,(H,6,7)(H,8,9)/t;4-;/m.0./s1. The second kappa shape index (κ2) is 14.9. The Morgan fingerprint density at radius 3 is 1.75 bits per heavy atom. The van der Waals surface area contributed by atoms with Gasteiger partial charge in [-0.05, 0) is 51.7 Å². The Bertz CT molecular complexity index is 337. The predicted molar refractivity (Wildman–Crippen MR) is 90.7 cm³/mol. The molecule has 0 bridgehead atoms. The molecule has 0 saturated carbocycles. The van der Waals surface area contributed by atoms with Crippen LogP contribution in [0, 0.1) is 0 Å². The summed E-state index contributed by atoms with van der Waals surface area (Å²) in [5.41, 5.74) is 5.00. The first-order valence-electron chi connectivity index (χ1n) is 8.60. The van der Waals surface area contributed by atoms with E-state index in [-0.39, 0.29) is 31.2 Å². The Labute approximate surface area is 143 Å². The third-order valence-corrected chi connectivity index (χ3v) is 3.64. The summed E-state index contributed by atoms with van der Waals surface area (Å²) < 4.78 is 0. The molecule has 2 heterocycles. The van der Waals surface area contributed by atoms with Crippen molar-refractivity contribution in [1.29, 1.82) is 0 Å². The number of rotatable bonds is 5.